The number of hydrogen-bond donors (Lipinski definition) is 1. The van der Waals surface area contributed by atoms with E-state index < -0.39 is 5.95 Å². The fourth-order valence-corrected chi connectivity index (χ4v) is 1.63. The van der Waals surface area contributed by atoms with Gasteiger partial charge in [-0.05, 0) is 31.0 Å². The number of halogens is 2. The van der Waals surface area contributed by atoms with E-state index in [1.807, 2.05) is 13.8 Å². The number of hydrogen-bond acceptors (Lipinski definition) is 1. The Balaban J connectivity index is 2.97. The van der Waals surface area contributed by atoms with Crippen molar-refractivity contribution in [1.29, 1.82) is 0 Å². The fourth-order valence-electron chi connectivity index (χ4n) is 1.39. The summed E-state index contributed by atoms with van der Waals surface area (Å²) < 4.78 is 13.2. The van der Waals surface area contributed by atoms with Crippen LogP contribution in [0.4, 0.5) is 4.39 Å². The van der Waals surface area contributed by atoms with Crippen LogP contribution in [0.15, 0.2) is 6.07 Å². The zero-order chi connectivity index (χ0) is 9.59. The molecule has 2 nitrogen and oxygen atoms in total. The van der Waals surface area contributed by atoms with E-state index in [0.717, 1.165) is 11.1 Å². The van der Waals surface area contributed by atoms with Gasteiger partial charge < -0.3 is 0 Å². The molecule has 0 aliphatic carbocycles. The predicted octanol–water partition coefficient (Wildman–Crippen LogP) is 2.97. The van der Waals surface area contributed by atoms with Crippen molar-refractivity contribution in [2.24, 2.45) is 0 Å². The SMILES string of the molecule is Cc1c(Cl)cc2n[nH]c(F)c2c1C. The van der Waals surface area contributed by atoms with Gasteiger partial charge >= 0.3 is 0 Å². The van der Waals surface area contributed by atoms with E-state index in [1.165, 1.54) is 0 Å². The molecule has 13 heavy (non-hydrogen) atoms. The number of nitrogens with one attached hydrogen (secondary N) is 1. The van der Waals surface area contributed by atoms with E-state index in [2.05, 4.69) is 10.2 Å². The van der Waals surface area contributed by atoms with Crippen LogP contribution in [-0.4, -0.2) is 10.2 Å². The highest BCUT2D eigenvalue weighted by Gasteiger charge is 2.11. The number of H-pyrrole nitrogens is 1. The van der Waals surface area contributed by atoms with E-state index >= 15 is 0 Å². The standard InChI is InChI=1S/C9H8ClFN2/c1-4-5(2)8-7(3-6(4)10)12-13-9(8)11/h3H,1-2H3,(H,12,13). The third kappa shape index (κ3) is 1.11. The number of aryl methyl sites for hydroxylation is 1. The molecule has 2 rings (SSSR count). The summed E-state index contributed by atoms with van der Waals surface area (Å²) in [6, 6.07) is 1.67. The van der Waals surface area contributed by atoms with Gasteiger partial charge in [0.05, 0.1) is 10.9 Å². The number of fused-ring (bicyclic) bond motifs is 1. The first-order chi connectivity index (χ1) is 6.11. The summed E-state index contributed by atoms with van der Waals surface area (Å²) in [5.41, 5.74) is 2.31. The molecule has 0 aliphatic rings. The van der Waals surface area contributed by atoms with Crippen LogP contribution < -0.4 is 0 Å². The Morgan fingerprint density at radius 3 is 2.77 bits per heavy atom. The van der Waals surface area contributed by atoms with Crippen LogP contribution in [-0.2, 0) is 0 Å². The summed E-state index contributed by atoms with van der Waals surface area (Å²) in [5.74, 6) is -0.396. The van der Waals surface area contributed by atoms with Crippen molar-refractivity contribution in [3.05, 3.63) is 28.2 Å². The quantitative estimate of drug-likeness (QED) is 0.693. The van der Waals surface area contributed by atoms with Gasteiger partial charge in [0.1, 0.15) is 0 Å². The number of aromatic amines is 1. The molecule has 0 bridgehead atoms. The monoisotopic (exact) mass is 198 g/mol. The third-order valence-corrected chi connectivity index (χ3v) is 2.70. The lowest BCUT2D eigenvalue weighted by atomic mass is 10.1. The Labute approximate surface area is 79.7 Å². The molecule has 68 valence electrons. The van der Waals surface area contributed by atoms with Crippen molar-refractivity contribution in [3.63, 3.8) is 0 Å². The summed E-state index contributed by atoms with van der Waals surface area (Å²) in [6.45, 7) is 3.70. The van der Waals surface area contributed by atoms with Gasteiger partial charge in [0, 0.05) is 5.02 Å². The molecule has 4 heteroatoms. The van der Waals surface area contributed by atoms with Crippen LogP contribution in [0.2, 0.25) is 5.02 Å². The van der Waals surface area contributed by atoms with Crippen LogP contribution in [0.25, 0.3) is 10.9 Å². The van der Waals surface area contributed by atoms with Gasteiger partial charge in [0.2, 0.25) is 5.95 Å². The molecule has 0 atom stereocenters. The summed E-state index contributed by atoms with van der Waals surface area (Å²) in [5, 5.41) is 7.24. The topological polar surface area (TPSA) is 28.7 Å². The molecule has 0 saturated heterocycles. The maximum Gasteiger partial charge on any atom is 0.217 e. The fraction of sp³-hybridized carbons (Fsp3) is 0.222. The first-order valence-electron chi connectivity index (χ1n) is 3.90. The molecule has 0 saturated carbocycles. The summed E-state index contributed by atoms with van der Waals surface area (Å²) in [4.78, 5) is 0. The minimum absolute atomic E-state index is 0.396. The third-order valence-electron chi connectivity index (χ3n) is 2.31. The Bertz CT molecular complexity index is 476. The highest BCUT2D eigenvalue weighted by atomic mass is 35.5. The molecule has 1 heterocycles. The van der Waals surface area contributed by atoms with Crippen LogP contribution in [0.3, 0.4) is 0 Å². The Morgan fingerprint density at radius 2 is 2.08 bits per heavy atom. The van der Waals surface area contributed by atoms with Gasteiger partial charge in [0.15, 0.2) is 0 Å². The first-order valence-corrected chi connectivity index (χ1v) is 4.28. The second kappa shape index (κ2) is 2.70. The molecule has 0 amide bonds. The normalized spacial score (nSPS) is 11.1. The van der Waals surface area contributed by atoms with Crippen molar-refractivity contribution in [2.45, 2.75) is 13.8 Å². The zero-order valence-electron chi connectivity index (χ0n) is 7.28. The molecule has 0 aliphatic heterocycles. The van der Waals surface area contributed by atoms with Gasteiger partial charge in [0.25, 0.3) is 0 Å². The van der Waals surface area contributed by atoms with Crippen molar-refractivity contribution in [1.82, 2.24) is 10.2 Å². The van der Waals surface area contributed by atoms with Crippen LogP contribution in [0.5, 0.6) is 0 Å². The average molecular weight is 199 g/mol. The van der Waals surface area contributed by atoms with Crippen LogP contribution in [0.1, 0.15) is 11.1 Å². The van der Waals surface area contributed by atoms with E-state index in [1.54, 1.807) is 6.07 Å². The molecular weight excluding hydrogens is 191 g/mol. The number of rotatable bonds is 0. The minimum atomic E-state index is -0.396. The molecule has 1 aromatic carbocycles. The maximum absolute atomic E-state index is 13.2. The lowest BCUT2D eigenvalue weighted by molar-refractivity contribution is 0.587. The van der Waals surface area contributed by atoms with Gasteiger partial charge in [-0.1, -0.05) is 11.6 Å². The first kappa shape index (κ1) is 8.51. The molecule has 0 radical (unpaired) electrons. The van der Waals surface area contributed by atoms with Gasteiger partial charge in [-0.15, -0.1) is 0 Å². The van der Waals surface area contributed by atoms with Crippen LogP contribution >= 0.6 is 11.6 Å². The Kier molecular flexibility index (Phi) is 1.77. The van der Waals surface area contributed by atoms with Crippen molar-refractivity contribution < 1.29 is 4.39 Å². The molecular formula is C9H8ClFN2. The second-order valence-corrected chi connectivity index (χ2v) is 3.45. The van der Waals surface area contributed by atoms with Crippen molar-refractivity contribution in [3.8, 4) is 0 Å². The number of aromatic nitrogens is 2. The average Bonchev–Trinajstić information content (AvgIpc) is 2.43. The number of nitrogens with zero attached hydrogens (tertiary/aromatic N) is 1. The van der Waals surface area contributed by atoms with Crippen molar-refractivity contribution >= 4 is 22.5 Å². The minimum Gasteiger partial charge on any atom is -0.252 e. The smallest absolute Gasteiger partial charge is 0.217 e. The lowest BCUT2D eigenvalue weighted by Gasteiger charge is -2.02. The van der Waals surface area contributed by atoms with Crippen LogP contribution in [0, 0.1) is 19.8 Å². The summed E-state index contributed by atoms with van der Waals surface area (Å²) >= 11 is 5.93. The van der Waals surface area contributed by atoms with E-state index in [9.17, 15) is 4.39 Å². The highest BCUT2D eigenvalue weighted by molar-refractivity contribution is 6.32. The lowest BCUT2D eigenvalue weighted by Crippen LogP contribution is -1.85. The van der Waals surface area contributed by atoms with E-state index in [4.69, 9.17) is 11.6 Å². The summed E-state index contributed by atoms with van der Waals surface area (Å²) in [6.07, 6.45) is 0. The Hall–Kier alpha value is -1.09. The molecule has 1 aromatic heterocycles. The van der Waals surface area contributed by atoms with Crippen molar-refractivity contribution in [2.75, 3.05) is 0 Å². The highest BCUT2D eigenvalue weighted by Crippen LogP contribution is 2.28. The van der Waals surface area contributed by atoms with Gasteiger partial charge in [-0.2, -0.15) is 9.49 Å². The largest absolute Gasteiger partial charge is 0.252 e. The molecule has 0 spiro atoms. The maximum atomic E-state index is 13.2. The molecule has 1 N–H and O–H groups in total. The van der Waals surface area contributed by atoms with Gasteiger partial charge in [-0.3, -0.25) is 5.10 Å². The predicted molar refractivity (Wildman–Crippen MR) is 50.5 cm³/mol. The molecule has 0 unspecified atom stereocenters. The summed E-state index contributed by atoms with van der Waals surface area (Å²) in [7, 11) is 0. The number of benzene rings is 1. The zero-order valence-corrected chi connectivity index (χ0v) is 8.04. The van der Waals surface area contributed by atoms with Gasteiger partial charge in [-0.25, -0.2) is 0 Å². The second-order valence-electron chi connectivity index (χ2n) is 3.04. The van der Waals surface area contributed by atoms with E-state index in [0.29, 0.717) is 15.9 Å². The molecule has 0 fully saturated rings. The van der Waals surface area contributed by atoms with E-state index in [-0.39, 0.29) is 0 Å². The Morgan fingerprint density at radius 1 is 1.38 bits per heavy atom. The molecule has 2 aromatic rings.